The first kappa shape index (κ1) is 8.46. The molecule has 1 heterocycles. The highest BCUT2D eigenvalue weighted by Crippen LogP contribution is 2.13. The molecule has 0 aliphatic rings. The van der Waals surface area contributed by atoms with E-state index in [4.69, 9.17) is 0 Å². The summed E-state index contributed by atoms with van der Waals surface area (Å²) in [6.07, 6.45) is 9.17. The molecule has 1 rings (SSSR count). The number of hydrogen-bond donors (Lipinski definition) is 1. The SMILES string of the molecule is C=N/C=C(\C=C/C)c1cn[nH]c1. The molecule has 0 fully saturated rings. The van der Waals surface area contributed by atoms with E-state index in [-0.39, 0.29) is 0 Å². The van der Waals surface area contributed by atoms with Gasteiger partial charge in [0.1, 0.15) is 0 Å². The van der Waals surface area contributed by atoms with Crippen LogP contribution in [0.2, 0.25) is 0 Å². The van der Waals surface area contributed by atoms with Crippen LogP contribution in [0, 0.1) is 0 Å². The van der Waals surface area contributed by atoms with E-state index in [0.717, 1.165) is 11.1 Å². The highest BCUT2D eigenvalue weighted by Gasteiger charge is 1.96. The molecule has 0 amide bonds. The molecule has 0 aromatic carbocycles. The fourth-order valence-corrected chi connectivity index (χ4v) is 0.900. The summed E-state index contributed by atoms with van der Waals surface area (Å²) < 4.78 is 0. The molecule has 1 N–H and O–H groups in total. The lowest BCUT2D eigenvalue weighted by Gasteiger charge is -1.93. The van der Waals surface area contributed by atoms with Crippen molar-refractivity contribution in [3.63, 3.8) is 0 Å². The van der Waals surface area contributed by atoms with Crippen molar-refractivity contribution in [2.24, 2.45) is 4.99 Å². The lowest BCUT2D eigenvalue weighted by atomic mass is 10.1. The minimum Gasteiger partial charge on any atom is -0.285 e. The third-order valence-electron chi connectivity index (χ3n) is 1.41. The maximum Gasteiger partial charge on any atom is 0.0566 e. The Morgan fingerprint density at radius 1 is 1.75 bits per heavy atom. The van der Waals surface area contributed by atoms with Gasteiger partial charge in [-0.3, -0.25) is 10.1 Å². The van der Waals surface area contributed by atoms with Crippen LogP contribution in [-0.2, 0) is 0 Å². The van der Waals surface area contributed by atoms with Gasteiger partial charge in [-0.1, -0.05) is 12.2 Å². The number of hydrogen-bond acceptors (Lipinski definition) is 2. The van der Waals surface area contributed by atoms with E-state index in [1.807, 2.05) is 25.3 Å². The van der Waals surface area contributed by atoms with Crippen molar-refractivity contribution in [3.05, 3.63) is 36.3 Å². The zero-order valence-corrected chi connectivity index (χ0v) is 6.99. The van der Waals surface area contributed by atoms with Crippen molar-refractivity contribution in [1.29, 1.82) is 0 Å². The third-order valence-corrected chi connectivity index (χ3v) is 1.41. The minimum atomic E-state index is 1.00. The van der Waals surface area contributed by atoms with Crippen LogP contribution in [0.15, 0.2) is 35.7 Å². The summed E-state index contributed by atoms with van der Waals surface area (Å²) in [5.41, 5.74) is 2.02. The zero-order valence-electron chi connectivity index (χ0n) is 6.99. The lowest BCUT2D eigenvalue weighted by Crippen LogP contribution is -1.74. The second-order valence-corrected chi connectivity index (χ2v) is 2.25. The van der Waals surface area contributed by atoms with E-state index in [9.17, 15) is 0 Å². The number of nitrogens with one attached hydrogen (secondary N) is 1. The van der Waals surface area contributed by atoms with E-state index in [2.05, 4.69) is 21.9 Å². The first-order chi connectivity index (χ1) is 5.88. The van der Waals surface area contributed by atoms with Gasteiger partial charge < -0.3 is 0 Å². The molecule has 0 atom stereocenters. The summed E-state index contributed by atoms with van der Waals surface area (Å²) in [4.78, 5) is 3.71. The van der Waals surface area contributed by atoms with Crippen LogP contribution in [0.5, 0.6) is 0 Å². The number of nitrogens with zero attached hydrogens (tertiary/aromatic N) is 2. The van der Waals surface area contributed by atoms with Gasteiger partial charge >= 0.3 is 0 Å². The molecule has 1 aromatic rings. The van der Waals surface area contributed by atoms with Gasteiger partial charge in [0, 0.05) is 23.5 Å². The Hall–Kier alpha value is -1.64. The second kappa shape index (κ2) is 4.28. The van der Waals surface area contributed by atoms with Crippen molar-refractivity contribution in [3.8, 4) is 0 Å². The molecule has 0 saturated heterocycles. The summed E-state index contributed by atoms with van der Waals surface area (Å²) in [7, 11) is 0. The molecule has 3 heteroatoms. The average molecular weight is 161 g/mol. The Balaban J connectivity index is 2.95. The summed E-state index contributed by atoms with van der Waals surface area (Å²) in [5.74, 6) is 0. The maximum atomic E-state index is 3.85. The molecular weight excluding hydrogens is 150 g/mol. The zero-order chi connectivity index (χ0) is 8.81. The fourth-order valence-electron chi connectivity index (χ4n) is 0.900. The molecule has 0 spiro atoms. The van der Waals surface area contributed by atoms with E-state index in [1.165, 1.54) is 0 Å². The molecule has 0 saturated carbocycles. The summed E-state index contributed by atoms with van der Waals surface area (Å²) in [5, 5.41) is 6.59. The Bertz CT molecular complexity index is 294. The van der Waals surface area contributed by atoms with Crippen LogP contribution in [0.25, 0.3) is 5.57 Å². The topological polar surface area (TPSA) is 41.0 Å². The van der Waals surface area contributed by atoms with Gasteiger partial charge in [0.2, 0.25) is 0 Å². The molecular formula is C9H11N3. The summed E-state index contributed by atoms with van der Waals surface area (Å²) in [6, 6.07) is 0. The van der Waals surface area contributed by atoms with Crippen LogP contribution in [-0.4, -0.2) is 16.9 Å². The van der Waals surface area contributed by atoms with Gasteiger partial charge in [-0.2, -0.15) is 5.10 Å². The van der Waals surface area contributed by atoms with Crippen LogP contribution >= 0.6 is 0 Å². The molecule has 0 aliphatic heterocycles. The van der Waals surface area contributed by atoms with Crippen LogP contribution in [0.1, 0.15) is 12.5 Å². The smallest absolute Gasteiger partial charge is 0.0566 e. The average Bonchev–Trinajstić information content (AvgIpc) is 2.56. The van der Waals surface area contributed by atoms with Gasteiger partial charge in [-0.25, -0.2) is 0 Å². The van der Waals surface area contributed by atoms with Crippen molar-refractivity contribution in [2.45, 2.75) is 6.92 Å². The predicted octanol–water partition coefficient (Wildman–Crippen LogP) is 2.03. The first-order valence-electron chi connectivity index (χ1n) is 3.66. The highest BCUT2D eigenvalue weighted by atomic mass is 15.1. The first-order valence-corrected chi connectivity index (χ1v) is 3.66. The molecule has 3 nitrogen and oxygen atoms in total. The van der Waals surface area contributed by atoms with Crippen molar-refractivity contribution in [1.82, 2.24) is 10.2 Å². The van der Waals surface area contributed by atoms with E-state index < -0.39 is 0 Å². The number of aliphatic imine (C=N–C) groups is 1. The van der Waals surface area contributed by atoms with Crippen molar-refractivity contribution < 1.29 is 0 Å². The Morgan fingerprint density at radius 2 is 2.58 bits per heavy atom. The van der Waals surface area contributed by atoms with Gasteiger partial charge in [-0.15, -0.1) is 0 Å². The molecule has 12 heavy (non-hydrogen) atoms. The monoisotopic (exact) mass is 161 g/mol. The van der Waals surface area contributed by atoms with Crippen LogP contribution in [0.3, 0.4) is 0 Å². The predicted molar refractivity (Wildman–Crippen MR) is 50.9 cm³/mol. The summed E-state index contributed by atoms with van der Waals surface area (Å²) >= 11 is 0. The van der Waals surface area contributed by atoms with E-state index in [1.54, 1.807) is 12.4 Å². The number of aromatic nitrogens is 2. The minimum absolute atomic E-state index is 1.00. The van der Waals surface area contributed by atoms with Crippen LogP contribution < -0.4 is 0 Å². The van der Waals surface area contributed by atoms with Gasteiger partial charge in [0.15, 0.2) is 0 Å². The number of rotatable bonds is 3. The number of aromatic amines is 1. The summed E-state index contributed by atoms with van der Waals surface area (Å²) in [6.45, 7) is 5.36. The van der Waals surface area contributed by atoms with Gasteiger partial charge in [0.05, 0.1) is 6.20 Å². The molecule has 1 aromatic heterocycles. The fraction of sp³-hybridized carbons (Fsp3) is 0.111. The lowest BCUT2D eigenvalue weighted by molar-refractivity contribution is 1.09. The van der Waals surface area contributed by atoms with Gasteiger partial charge in [0.25, 0.3) is 0 Å². The molecule has 0 radical (unpaired) electrons. The normalized spacial score (nSPS) is 12.2. The second-order valence-electron chi connectivity index (χ2n) is 2.25. The Kier molecular flexibility index (Phi) is 3.02. The Labute approximate surface area is 71.5 Å². The van der Waals surface area contributed by atoms with Crippen molar-refractivity contribution in [2.75, 3.05) is 0 Å². The molecule has 0 unspecified atom stereocenters. The highest BCUT2D eigenvalue weighted by molar-refractivity contribution is 5.73. The molecule has 62 valence electrons. The van der Waals surface area contributed by atoms with E-state index in [0.29, 0.717) is 0 Å². The Morgan fingerprint density at radius 3 is 3.08 bits per heavy atom. The number of allylic oxidation sites excluding steroid dienone is 3. The third kappa shape index (κ3) is 1.92. The van der Waals surface area contributed by atoms with E-state index >= 15 is 0 Å². The molecule has 0 bridgehead atoms. The largest absolute Gasteiger partial charge is 0.285 e. The standard InChI is InChI=1S/C9H11N3/c1-3-4-8(5-10-2)9-6-11-12-7-9/h3-7H,2H2,1H3,(H,11,12)/b4-3-,8-5+. The van der Waals surface area contributed by atoms with Crippen molar-refractivity contribution >= 4 is 12.3 Å². The number of H-pyrrole nitrogens is 1. The van der Waals surface area contributed by atoms with Crippen LogP contribution in [0.4, 0.5) is 0 Å². The van der Waals surface area contributed by atoms with Gasteiger partial charge in [-0.05, 0) is 13.6 Å². The quantitative estimate of drug-likeness (QED) is 0.534. The molecule has 0 aliphatic carbocycles. The maximum absolute atomic E-state index is 3.85.